The van der Waals surface area contributed by atoms with Crippen LogP contribution in [0.3, 0.4) is 0 Å². The fourth-order valence-electron chi connectivity index (χ4n) is 11.6. The smallest absolute Gasteiger partial charge is 0.0132 e. The van der Waals surface area contributed by atoms with Crippen molar-refractivity contribution in [1.82, 2.24) is 0 Å². The molecule has 139 heavy (non-hydrogen) atoms. The van der Waals surface area contributed by atoms with Crippen LogP contribution in [0.1, 0.15) is 399 Å². The number of unbranched alkanes of at least 4 members (excludes halogenated alkanes) is 7. The van der Waals surface area contributed by atoms with E-state index in [0.717, 1.165) is 23.7 Å². The molecule has 1 aliphatic carbocycles. The van der Waals surface area contributed by atoms with Crippen molar-refractivity contribution >= 4 is 0 Å². The van der Waals surface area contributed by atoms with Crippen molar-refractivity contribution in [3.05, 3.63) is 392 Å². The molecule has 0 amide bonds. The van der Waals surface area contributed by atoms with Crippen molar-refractivity contribution in [1.29, 1.82) is 0 Å². The highest BCUT2D eigenvalue weighted by atomic mass is 14.2. The lowest BCUT2D eigenvalue weighted by atomic mass is 9.87. The molecule has 776 valence electrons. The van der Waals surface area contributed by atoms with E-state index in [1.165, 1.54) is 238 Å². The minimum Gasteiger partial charge on any atom is -0.0776 e. The van der Waals surface area contributed by atoms with Gasteiger partial charge in [0, 0.05) is 0 Å². The Bertz CT molecular complexity index is 4440. The normalized spacial score (nSPS) is 10.3. The maximum Gasteiger partial charge on any atom is -0.0132 e. The first-order chi connectivity index (χ1) is 65.3. The van der Waals surface area contributed by atoms with E-state index in [1.807, 2.05) is 50.2 Å². The first kappa shape index (κ1) is 143. The summed E-state index contributed by atoms with van der Waals surface area (Å²) in [5, 5.41) is 0. The molecule has 0 spiro atoms. The van der Waals surface area contributed by atoms with Gasteiger partial charge in [0.2, 0.25) is 0 Å². The van der Waals surface area contributed by atoms with Crippen molar-refractivity contribution in [2.75, 3.05) is 0 Å². The van der Waals surface area contributed by atoms with Crippen LogP contribution >= 0.6 is 0 Å². The monoisotopic (exact) mass is 1890 g/mol. The first-order valence-corrected chi connectivity index (χ1v) is 53.9. The average Bonchev–Trinajstić information content (AvgIpc) is 0.864. The molecule has 0 aliphatic heterocycles. The third kappa shape index (κ3) is 94.6. The lowest BCUT2D eigenvalue weighted by Gasteiger charge is -2.18. The van der Waals surface area contributed by atoms with Crippen molar-refractivity contribution in [3.63, 3.8) is 0 Å². The highest BCUT2D eigenvalue weighted by Gasteiger charge is 2.12. The third-order valence-electron chi connectivity index (χ3n) is 21.2. The van der Waals surface area contributed by atoms with E-state index in [9.17, 15) is 0 Å². The Hall–Kier alpha value is -9.36. The van der Waals surface area contributed by atoms with E-state index >= 15 is 0 Å². The lowest BCUT2D eigenvalue weighted by molar-refractivity contribution is 0.385. The number of hydrogen-bond donors (Lipinski definition) is 0. The molecular weight excluding hydrogens is 1670 g/mol. The van der Waals surface area contributed by atoms with Crippen LogP contribution in [0.25, 0.3) is 33.4 Å². The van der Waals surface area contributed by atoms with Gasteiger partial charge in [-0.05, 0) is 211 Å². The second-order valence-electron chi connectivity index (χ2n) is 41.0. The van der Waals surface area contributed by atoms with Crippen LogP contribution in [0.4, 0.5) is 0 Å². The van der Waals surface area contributed by atoms with E-state index in [4.69, 9.17) is 0 Å². The third-order valence-corrected chi connectivity index (χ3v) is 21.2. The molecule has 1 aliphatic rings. The van der Waals surface area contributed by atoms with Crippen LogP contribution in [0.2, 0.25) is 0 Å². The summed E-state index contributed by atoms with van der Waals surface area (Å²) in [4.78, 5) is 0. The predicted octanol–water partition coefficient (Wildman–Crippen LogP) is 46.6. The maximum absolute atomic E-state index is 2.36. The molecule has 0 bridgehead atoms. The summed E-state index contributed by atoms with van der Waals surface area (Å²) in [5.74, 6) is 3.64. The molecule has 12 aromatic rings. The Labute approximate surface area is 868 Å². The van der Waals surface area contributed by atoms with Gasteiger partial charge in [0.25, 0.3) is 0 Å². The summed E-state index contributed by atoms with van der Waals surface area (Å²) in [7, 11) is 0. The molecule has 13 rings (SSSR count). The lowest BCUT2D eigenvalue weighted by Crippen LogP contribution is -2.10. The van der Waals surface area contributed by atoms with Crippen LogP contribution in [-0.4, -0.2) is 0 Å². The molecule has 0 atom stereocenters. The zero-order valence-corrected chi connectivity index (χ0v) is 97.9. The van der Waals surface area contributed by atoms with E-state index in [2.05, 4.69) is 544 Å². The van der Waals surface area contributed by atoms with Crippen molar-refractivity contribution in [2.24, 2.45) is 29.1 Å². The van der Waals surface area contributed by atoms with Crippen molar-refractivity contribution in [2.45, 2.75) is 419 Å². The topological polar surface area (TPSA) is 0 Å². The minimum atomic E-state index is 0. The van der Waals surface area contributed by atoms with Crippen LogP contribution in [-0.2, 0) is 5.41 Å². The summed E-state index contributed by atoms with van der Waals surface area (Å²) in [6.45, 7) is 91.0. The largest absolute Gasteiger partial charge is 0.0776 e. The summed E-state index contributed by atoms with van der Waals surface area (Å²) in [6, 6.07) is 106. The van der Waals surface area contributed by atoms with Gasteiger partial charge in [0.15, 0.2) is 0 Å². The van der Waals surface area contributed by atoms with Gasteiger partial charge in [0.05, 0.1) is 0 Å². The standard InChI is InChI=1S/3C13H12.C11H16.C10H14.3C8H10.C7H14.C7H8.C7H16.4C5H12.2C4H10.C3H8.C2H6.CH4/c1-11-7-5-6-10-13(11)12-8-3-2-4-9-12;1-11-6-5-9-13(10-11)12-7-3-2-4-8-12;1-11-7-9-13(10-8-11)12-5-3-2-4-6-12;1-9-5-7-10(8-6-9)11(2,3)4;1-7-5-8(2)10(4)9(3)6-7;1-7-3-5-8(2)6-4-7;1-7-4-3-5-8(2)6-7;1-7-5-3-4-6-8(7)2;2*1-7-5-3-2-4-6-7;1-3-5-7-6-4-2;1-5(2,3)4;2*1-4-5(2)3;1-3-5-4-2;1-4(2)3;1-3-4-2;1-3-2;1-2;/h3*2-10H,1H3;5-8H,1-4H3;5-6H,1-4H3;3*3-6H,1-2H3;7H,2-6H2,1H3;2-6H,1H3;3-7H2,1-2H3;1-4H3;2*5H,4H2,1-3H3;3-5H2,1-2H3;4H,1-3H3;3-4H2,1-2H3;3H2,1-2H3;1-2H3;1H4. The SMILES string of the molecule is C.CC.CC(C)(C)C.CC(C)C.CC1CCCCC1.CCC.CCC(C)C.CCC(C)C.CCCC.CCCCC.CCCCCCC.Cc1cc(C)c(C)c(C)c1.Cc1ccc(-c2ccccc2)cc1.Cc1ccc(C(C)(C)C)cc1.Cc1ccc(C)cc1.Cc1cccc(-c2ccccc2)c1.Cc1cccc(C)c1.Cc1ccccc1.Cc1ccccc1-c1ccccc1.Cc1ccccc1C. The minimum absolute atomic E-state index is 0. The van der Waals surface area contributed by atoms with Crippen molar-refractivity contribution in [3.8, 4) is 33.4 Å². The van der Waals surface area contributed by atoms with Gasteiger partial charge < -0.3 is 0 Å². The van der Waals surface area contributed by atoms with Crippen LogP contribution in [0.5, 0.6) is 0 Å². The molecule has 1 fully saturated rings. The highest BCUT2D eigenvalue weighted by Crippen LogP contribution is 2.26. The second kappa shape index (κ2) is 94.9. The van der Waals surface area contributed by atoms with Gasteiger partial charge in [0.1, 0.15) is 0 Å². The Morgan fingerprint density at radius 2 is 0.511 bits per heavy atom. The molecule has 0 N–H and O–H groups in total. The maximum atomic E-state index is 2.36. The van der Waals surface area contributed by atoms with Gasteiger partial charge >= 0.3 is 0 Å². The average molecular weight is 1890 g/mol. The molecule has 12 aromatic carbocycles. The molecule has 0 radical (unpaired) electrons. The molecule has 0 saturated heterocycles. The fourth-order valence-corrected chi connectivity index (χ4v) is 11.6. The second-order valence-corrected chi connectivity index (χ2v) is 41.0. The van der Waals surface area contributed by atoms with Gasteiger partial charge in [-0.2, -0.15) is 0 Å². The Morgan fingerprint density at radius 3 is 0.770 bits per heavy atom. The summed E-state index contributed by atoms with van der Waals surface area (Å²) in [5.41, 5.74) is 30.2. The quantitative estimate of drug-likeness (QED) is 0.107. The van der Waals surface area contributed by atoms with E-state index in [1.54, 1.807) is 0 Å². The number of rotatable bonds is 12. The Balaban J connectivity index is -0.000000269. The van der Waals surface area contributed by atoms with E-state index in [0.29, 0.717) is 5.41 Å². The number of benzene rings is 12. The van der Waals surface area contributed by atoms with Crippen LogP contribution < -0.4 is 0 Å². The van der Waals surface area contributed by atoms with Crippen LogP contribution in [0, 0.1) is 133 Å². The van der Waals surface area contributed by atoms with Gasteiger partial charge in [-0.25, -0.2) is 0 Å². The molecule has 0 aromatic heterocycles. The van der Waals surface area contributed by atoms with Gasteiger partial charge in [-0.1, -0.05) is 663 Å². The molecule has 0 nitrogen and oxygen atoms in total. The molecule has 0 heteroatoms. The molecular formula is C139H220. The zero-order chi connectivity index (χ0) is 106. The predicted molar refractivity (Wildman–Crippen MR) is 646 cm³/mol. The van der Waals surface area contributed by atoms with E-state index in [-0.39, 0.29) is 12.8 Å². The first-order valence-electron chi connectivity index (χ1n) is 53.9. The molecule has 0 heterocycles. The zero-order valence-electron chi connectivity index (χ0n) is 97.9. The van der Waals surface area contributed by atoms with Gasteiger partial charge in [-0.15, -0.1) is 0 Å². The molecule has 1 saturated carbocycles. The highest BCUT2D eigenvalue weighted by molar-refractivity contribution is 5.67. The number of aryl methyl sites for hydroxylation is 14. The summed E-state index contributed by atoms with van der Waals surface area (Å²) in [6.07, 6.45) is 25.0. The summed E-state index contributed by atoms with van der Waals surface area (Å²) >= 11 is 0. The Kier molecular flexibility index (Phi) is 97.3. The molecule has 0 unspecified atom stereocenters. The number of hydrogen-bond acceptors (Lipinski definition) is 0. The van der Waals surface area contributed by atoms with Crippen molar-refractivity contribution < 1.29 is 0 Å². The summed E-state index contributed by atoms with van der Waals surface area (Å²) < 4.78 is 0. The van der Waals surface area contributed by atoms with Gasteiger partial charge in [-0.3, -0.25) is 0 Å². The van der Waals surface area contributed by atoms with E-state index < -0.39 is 0 Å². The van der Waals surface area contributed by atoms with Crippen LogP contribution in [0.15, 0.2) is 303 Å². The Morgan fingerprint density at radius 1 is 0.252 bits per heavy atom. The fraction of sp³-hybridized carbons (Fsp3) is 0.482.